The van der Waals surface area contributed by atoms with Crippen LogP contribution >= 0.6 is 11.6 Å². The Balaban J connectivity index is 1.72. The zero-order valence-corrected chi connectivity index (χ0v) is 15.1. The summed E-state index contributed by atoms with van der Waals surface area (Å²) in [6, 6.07) is 8.32. The molecule has 1 aromatic carbocycles. The molecule has 1 heterocycles. The number of nitrogens with zero attached hydrogens (tertiary/aromatic N) is 2. The Morgan fingerprint density at radius 3 is 2.45 bits per heavy atom. The lowest BCUT2D eigenvalue weighted by Gasteiger charge is -2.43. The molecule has 0 N–H and O–H groups in total. The average Bonchev–Trinajstić information content (AvgIpc) is 2.48. The molecule has 2 rings (SSSR count). The lowest BCUT2D eigenvalue weighted by molar-refractivity contribution is 0.0611. The lowest BCUT2D eigenvalue weighted by atomic mass is 9.97. The van der Waals surface area contributed by atoms with Gasteiger partial charge in [-0.3, -0.25) is 9.80 Å². The minimum absolute atomic E-state index is 0.288. The lowest BCUT2D eigenvalue weighted by Crippen LogP contribution is -2.50. The number of hydrogen-bond donors (Lipinski definition) is 0. The van der Waals surface area contributed by atoms with Gasteiger partial charge in [0, 0.05) is 31.2 Å². The Kier molecular flexibility index (Phi) is 6.13. The van der Waals surface area contributed by atoms with E-state index in [0.717, 1.165) is 12.3 Å². The molecule has 4 heteroatoms. The molecule has 1 aliphatic heterocycles. The third-order valence-electron chi connectivity index (χ3n) is 4.57. The Bertz CT molecular complexity index is 464. The van der Waals surface area contributed by atoms with E-state index < -0.39 is 0 Å². The van der Waals surface area contributed by atoms with E-state index in [1.54, 1.807) is 0 Å². The first kappa shape index (κ1) is 17.6. The molecule has 0 amide bonds. The van der Waals surface area contributed by atoms with Crippen molar-refractivity contribution in [2.45, 2.75) is 45.2 Å². The number of ether oxygens (including phenoxy) is 1. The molecule has 0 bridgehead atoms. The summed E-state index contributed by atoms with van der Waals surface area (Å²) in [7, 11) is 2.20. The van der Waals surface area contributed by atoms with Gasteiger partial charge in [-0.05, 0) is 52.8 Å². The first-order valence-corrected chi connectivity index (χ1v) is 8.58. The second-order valence-corrected chi connectivity index (χ2v) is 7.56. The fourth-order valence-corrected chi connectivity index (χ4v) is 3.21. The van der Waals surface area contributed by atoms with Crippen LogP contribution in [0.1, 0.15) is 33.6 Å². The van der Waals surface area contributed by atoms with E-state index in [2.05, 4.69) is 37.6 Å². The number of piperidine rings is 1. The molecule has 1 saturated heterocycles. The number of halogens is 1. The second-order valence-electron chi connectivity index (χ2n) is 7.15. The zero-order chi connectivity index (χ0) is 16.2. The molecule has 1 aliphatic rings. The molecular formula is C18H29ClN2O. The predicted molar refractivity (Wildman–Crippen MR) is 93.9 cm³/mol. The quantitative estimate of drug-likeness (QED) is 0.816. The Morgan fingerprint density at radius 1 is 1.23 bits per heavy atom. The summed E-state index contributed by atoms with van der Waals surface area (Å²) in [5, 5.41) is 0.684. The standard InChI is InChI=1S/C18H29ClN2O/c1-18(2,3)21-11-9-15(10-12-21)20(4)13-14-22-17-8-6-5-7-16(17)19/h5-8,15H,9-14H2,1-4H3. The van der Waals surface area contributed by atoms with Crippen molar-refractivity contribution in [3.8, 4) is 5.75 Å². The fraction of sp³-hybridized carbons (Fsp3) is 0.667. The highest BCUT2D eigenvalue weighted by Crippen LogP contribution is 2.24. The maximum atomic E-state index is 6.10. The van der Waals surface area contributed by atoms with Crippen molar-refractivity contribution in [3.05, 3.63) is 29.3 Å². The molecule has 0 aromatic heterocycles. The van der Waals surface area contributed by atoms with Crippen LogP contribution in [0.3, 0.4) is 0 Å². The SMILES string of the molecule is CN(CCOc1ccccc1Cl)C1CCN(C(C)(C)C)CC1. The molecule has 0 radical (unpaired) electrons. The smallest absolute Gasteiger partial charge is 0.137 e. The van der Waals surface area contributed by atoms with Gasteiger partial charge in [0.05, 0.1) is 5.02 Å². The summed E-state index contributed by atoms with van der Waals surface area (Å²) in [5.74, 6) is 0.778. The van der Waals surface area contributed by atoms with Crippen LogP contribution in [-0.4, -0.2) is 54.7 Å². The molecular weight excluding hydrogens is 296 g/mol. The highest BCUT2D eigenvalue weighted by Gasteiger charge is 2.28. The van der Waals surface area contributed by atoms with Gasteiger partial charge in [0.2, 0.25) is 0 Å². The Morgan fingerprint density at radius 2 is 1.86 bits per heavy atom. The molecule has 0 unspecified atom stereocenters. The van der Waals surface area contributed by atoms with Crippen LogP contribution in [0.15, 0.2) is 24.3 Å². The fourth-order valence-electron chi connectivity index (χ4n) is 3.02. The summed E-state index contributed by atoms with van der Waals surface area (Å²) in [6.07, 6.45) is 2.47. The van der Waals surface area contributed by atoms with Crippen molar-refractivity contribution in [2.24, 2.45) is 0 Å². The second kappa shape index (κ2) is 7.67. The molecule has 0 saturated carbocycles. The van der Waals surface area contributed by atoms with Crippen LogP contribution in [0.4, 0.5) is 0 Å². The van der Waals surface area contributed by atoms with E-state index in [1.165, 1.54) is 25.9 Å². The number of para-hydroxylation sites is 1. The van der Waals surface area contributed by atoms with E-state index in [-0.39, 0.29) is 5.54 Å². The normalized spacial score (nSPS) is 17.9. The van der Waals surface area contributed by atoms with Crippen molar-refractivity contribution in [3.63, 3.8) is 0 Å². The van der Waals surface area contributed by atoms with Crippen LogP contribution in [0.5, 0.6) is 5.75 Å². The summed E-state index contributed by atoms with van der Waals surface area (Å²) in [4.78, 5) is 5.01. The van der Waals surface area contributed by atoms with Crippen molar-refractivity contribution in [1.82, 2.24) is 9.80 Å². The molecule has 3 nitrogen and oxygen atoms in total. The first-order valence-electron chi connectivity index (χ1n) is 8.20. The number of benzene rings is 1. The zero-order valence-electron chi connectivity index (χ0n) is 14.3. The summed E-state index contributed by atoms with van der Waals surface area (Å²) in [6.45, 7) is 10.9. The maximum absolute atomic E-state index is 6.10. The number of likely N-dealkylation sites (tertiary alicyclic amines) is 1. The van der Waals surface area contributed by atoms with Crippen LogP contribution in [0.2, 0.25) is 5.02 Å². The maximum Gasteiger partial charge on any atom is 0.137 e. The van der Waals surface area contributed by atoms with Gasteiger partial charge in [0.25, 0.3) is 0 Å². The third-order valence-corrected chi connectivity index (χ3v) is 4.89. The molecule has 0 atom stereocenters. The van der Waals surface area contributed by atoms with Gasteiger partial charge in [0.15, 0.2) is 0 Å². The van der Waals surface area contributed by atoms with Gasteiger partial charge in [0.1, 0.15) is 12.4 Å². The van der Waals surface area contributed by atoms with Crippen LogP contribution in [-0.2, 0) is 0 Å². The molecule has 1 fully saturated rings. The monoisotopic (exact) mass is 324 g/mol. The van der Waals surface area contributed by atoms with Gasteiger partial charge in [-0.2, -0.15) is 0 Å². The van der Waals surface area contributed by atoms with E-state index in [9.17, 15) is 0 Å². The van der Waals surface area contributed by atoms with Gasteiger partial charge in [-0.25, -0.2) is 0 Å². The molecule has 0 spiro atoms. The van der Waals surface area contributed by atoms with Crippen LogP contribution in [0, 0.1) is 0 Å². The van der Waals surface area contributed by atoms with Crippen LogP contribution < -0.4 is 4.74 Å². The van der Waals surface area contributed by atoms with Gasteiger partial charge < -0.3 is 4.74 Å². The Labute approximate surface area is 140 Å². The van der Waals surface area contributed by atoms with Gasteiger partial charge in [-0.15, -0.1) is 0 Å². The number of likely N-dealkylation sites (N-methyl/N-ethyl adjacent to an activating group) is 1. The van der Waals surface area contributed by atoms with E-state index in [4.69, 9.17) is 16.3 Å². The summed E-state index contributed by atoms with van der Waals surface area (Å²) >= 11 is 6.10. The molecule has 0 aliphatic carbocycles. The van der Waals surface area contributed by atoms with Crippen molar-refractivity contribution in [1.29, 1.82) is 0 Å². The first-order chi connectivity index (χ1) is 10.4. The van der Waals surface area contributed by atoms with E-state index in [0.29, 0.717) is 17.7 Å². The van der Waals surface area contributed by atoms with E-state index in [1.807, 2.05) is 24.3 Å². The summed E-state index contributed by atoms with van der Waals surface area (Å²) < 4.78 is 5.79. The molecule has 1 aromatic rings. The minimum atomic E-state index is 0.288. The molecule has 124 valence electrons. The predicted octanol–water partition coefficient (Wildman–Crippen LogP) is 3.91. The van der Waals surface area contributed by atoms with Gasteiger partial charge >= 0.3 is 0 Å². The van der Waals surface area contributed by atoms with Crippen molar-refractivity contribution in [2.75, 3.05) is 33.3 Å². The third kappa shape index (κ3) is 4.87. The minimum Gasteiger partial charge on any atom is -0.491 e. The highest BCUT2D eigenvalue weighted by molar-refractivity contribution is 6.32. The number of hydrogen-bond acceptors (Lipinski definition) is 3. The van der Waals surface area contributed by atoms with Crippen LogP contribution in [0.25, 0.3) is 0 Å². The molecule has 22 heavy (non-hydrogen) atoms. The topological polar surface area (TPSA) is 15.7 Å². The Hall–Kier alpha value is -0.770. The van der Waals surface area contributed by atoms with E-state index >= 15 is 0 Å². The van der Waals surface area contributed by atoms with Crippen molar-refractivity contribution >= 4 is 11.6 Å². The van der Waals surface area contributed by atoms with Gasteiger partial charge in [-0.1, -0.05) is 23.7 Å². The number of rotatable bonds is 5. The summed E-state index contributed by atoms with van der Waals surface area (Å²) in [5.41, 5.74) is 0.288. The van der Waals surface area contributed by atoms with Crippen molar-refractivity contribution < 1.29 is 4.74 Å². The average molecular weight is 325 g/mol. The largest absolute Gasteiger partial charge is 0.491 e. The highest BCUT2D eigenvalue weighted by atomic mass is 35.5.